The summed E-state index contributed by atoms with van der Waals surface area (Å²) in [7, 11) is 2.43. The highest BCUT2D eigenvalue weighted by molar-refractivity contribution is 7.89. The molecule has 1 saturated carbocycles. The topological polar surface area (TPSA) is 58.4 Å². The minimum absolute atomic E-state index is 0.0921. The van der Waals surface area contributed by atoms with Gasteiger partial charge < -0.3 is 9.47 Å². The van der Waals surface area contributed by atoms with Crippen LogP contribution >= 0.6 is 0 Å². The first-order valence-corrected chi connectivity index (χ1v) is 9.14. The molecule has 0 N–H and O–H groups in total. The summed E-state index contributed by atoms with van der Waals surface area (Å²) >= 11 is 0. The second-order valence-electron chi connectivity index (χ2n) is 7.99. The Bertz CT molecular complexity index is 675. The van der Waals surface area contributed by atoms with E-state index in [1.54, 1.807) is 22.1 Å². The third kappa shape index (κ3) is 2.30. The van der Waals surface area contributed by atoms with Crippen LogP contribution in [-0.4, -0.2) is 60.9 Å². The third-order valence-electron chi connectivity index (χ3n) is 5.28. The lowest BCUT2D eigenvalue weighted by atomic mass is 9.48. The number of fused-ring (bicyclic) bond motifs is 1. The molecule has 0 spiro atoms. The van der Waals surface area contributed by atoms with Gasteiger partial charge in [0.05, 0.1) is 6.33 Å². The summed E-state index contributed by atoms with van der Waals surface area (Å²) in [4.78, 5) is 6.23. The smallest absolute Gasteiger partial charge is 0.262 e. The van der Waals surface area contributed by atoms with E-state index in [9.17, 15) is 8.42 Å². The molecule has 1 aromatic heterocycles. The second kappa shape index (κ2) is 4.79. The lowest BCUT2D eigenvalue weighted by Crippen LogP contribution is -2.57. The summed E-state index contributed by atoms with van der Waals surface area (Å²) in [6.45, 7) is 6.66. The molecule has 22 heavy (non-hydrogen) atoms. The molecule has 124 valence electrons. The summed E-state index contributed by atoms with van der Waals surface area (Å²) in [5, 5.41) is 0.161. The van der Waals surface area contributed by atoms with Crippen LogP contribution in [0.5, 0.6) is 0 Å². The van der Waals surface area contributed by atoms with Crippen LogP contribution in [0.2, 0.25) is 0 Å². The van der Waals surface area contributed by atoms with Gasteiger partial charge in [-0.2, -0.15) is 4.31 Å². The Morgan fingerprint density at radius 1 is 1.41 bits per heavy atom. The SMILES string of the molecule is CN(C)C[C@@]12CN(S(=O)(=O)c3cn(C)cn3)C[C@@H]1C(C)(C)C2. The molecule has 2 heterocycles. The molecule has 0 amide bonds. The molecule has 1 aliphatic carbocycles. The summed E-state index contributed by atoms with van der Waals surface area (Å²) in [5.74, 6) is 0.417. The Balaban J connectivity index is 1.89. The van der Waals surface area contributed by atoms with Gasteiger partial charge >= 0.3 is 0 Å². The maximum atomic E-state index is 12.8. The number of aryl methyl sites for hydroxylation is 1. The molecule has 2 atom stereocenters. The quantitative estimate of drug-likeness (QED) is 0.829. The van der Waals surface area contributed by atoms with Gasteiger partial charge in [0.15, 0.2) is 5.03 Å². The normalized spacial score (nSPS) is 31.3. The summed E-state index contributed by atoms with van der Waals surface area (Å²) in [6.07, 6.45) is 4.20. The van der Waals surface area contributed by atoms with Gasteiger partial charge in [-0.15, -0.1) is 0 Å². The zero-order valence-electron chi connectivity index (χ0n) is 14.1. The first kappa shape index (κ1) is 16.0. The van der Waals surface area contributed by atoms with Gasteiger partial charge in [0.25, 0.3) is 10.0 Å². The number of rotatable bonds is 4. The first-order chi connectivity index (χ1) is 10.1. The van der Waals surface area contributed by atoms with Crippen LogP contribution in [0.4, 0.5) is 0 Å². The fourth-order valence-electron chi connectivity index (χ4n) is 4.76. The molecule has 6 nitrogen and oxygen atoms in total. The first-order valence-electron chi connectivity index (χ1n) is 7.70. The van der Waals surface area contributed by atoms with Crippen molar-refractivity contribution in [3.8, 4) is 0 Å². The van der Waals surface area contributed by atoms with Gasteiger partial charge in [0.1, 0.15) is 0 Å². The lowest BCUT2D eigenvalue weighted by molar-refractivity contribution is -0.0789. The maximum absolute atomic E-state index is 12.8. The van der Waals surface area contributed by atoms with Crippen molar-refractivity contribution in [3.63, 3.8) is 0 Å². The highest BCUT2D eigenvalue weighted by Crippen LogP contribution is 2.63. The summed E-state index contributed by atoms with van der Waals surface area (Å²) < 4.78 is 29.0. The largest absolute Gasteiger partial charge is 0.339 e. The summed E-state index contributed by atoms with van der Waals surface area (Å²) in [5.41, 5.74) is 0.305. The van der Waals surface area contributed by atoms with E-state index in [0.717, 1.165) is 13.0 Å². The molecule has 1 aliphatic heterocycles. The number of imidazole rings is 1. The average Bonchev–Trinajstić information content (AvgIpc) is 2.91. The van der Waals surface area contributed by atoms with Crippen molar-refractivity contribution in [3.05, 3.63) is 12.5 Å². The monoisotopic (exact) mass is 326 g/mol. The molecule has 0 unspecified atom stereocenters. The fraction of sp³-hybridized carbons (Fsp3) is 0.800. The van der Waals surface area contributed by atoms with E-state index < -0.39 is 10.0 Å². The van der Waals surface area contributed by atoms with Crippen LogP contribution in [0, 0.1) is 16.7 Å². The van der Waals surface area contributed by atoms with Gasteiger partial charge in [-0.25, -0.2) is 13.4 Å². The minimum Gasteiger partial charge on any atom is -0.339 e. The van der Waals surface area contributed by atoms with Crippen LogP contribution in [0.1, 0.15) is 20.3 Å². The molecule has 2 fully saturated rings. The van der Waals surface area contributed by atoms with E-state index >= 15 is 0 Å². The molecular formula is C15H26N4O2S. The van der Waals surface area contributed by atoms with E-state index in [0.29, 0.717) is 19.0 Å². The Morgan fingerprint density at radius 3 is 2.59 bits per heavy atom. The molecular weight excluding hydrogens is 300 g/mol. The standard InChI is InChI=1S/C15H26N4O2S/c1-14(2)8-15(9-17(3)4)10-19(6-12(14)15)22(20,21)13-7-18(5)11-16-13/h7,11-12H,6,8-10H2,1-5H3/t12-,15+/m1/s1. The van der Waals surface area contributed by atoms with Crippen molar-refractivity contribution in [1.82, 2.24) is 18.8 Å². The van der Waals surface area contributed by atoms with Crippen LogP contribution in [-0.2, 0) is 17.1 Å². The number of aromatic nitrogens is 2. The molecule has 1 aromatic rings. The predicted molar refractivity (Wildman–Crippen MR) is 84.8 cm³/mol. The zero-order chi connectivity index (χ0) is 16.3. The number of nitrogens with zero attached hydrogens (tertiary/aromatic N) is 4. The molecule has 1 saturated heterocycles. The molecule has 0 bridgehead atoms. The van der Waals surface area contributed by atoms with Gasteiger partial charge in [-0.1, -0.05) is 13.8 Å². The van der Waals surface area contributed by atoms with Crippen LogP contribution in [0.3, 0.4) is 0 Å². The van der Waals surface area contributed by atoms with E-state index in [1.807, 2.05) is 0 Å². The fourth-order valence-corrected chi connectivity index (χ4v) is 6.28. The molecule has 2 aliphatic rings. The van der Waals surface area contributed by atoms with Crippen molar-refractivity contribution in [2.75, 3.05) is 33.7 Å². The lowest BCUT2D eigenvalue weighted by Gasteiger charge is -2.57. The van der Waals surface area contributed by atoms with Gasteiger partial charge in [-0.3, -0.25) is 0 Å². The van der Waals surface area contributed by atoms with E-state index in [2.05, 4.69) is 37.8 Å². The molecule has 0 radical (unpaired) electrons. The van der Waals surface area contributed by atoms with Gasteiger partial charge in [0, 0.05) is 38.3 Å². The van der Waals surface area contributed by atoms with Crippen molar-refractivity contribution < 1.29 is 8.42 Å². The second-order valence-corrected chi connectivity index (χ2v) is 9.88. The Hall–Kier alpha value is -0.920. The highest BCUT2D eigenvalue weighted by Gasteiger charge is 2.64. The summed E-state index contributed by atoms with van der Waals surface area (Å²) in [6, 6.07) is 0. The van der Waals surface area contributed by atoms with Gasteiger partial charge in [-0.05, 0) is 31.8 Å². The highest BCUT2D eigenvalue weighted by atomic mass is 32.2. The average molecular weight is 326 g/mol. The maximum Gasteiger partial charge on any atom is 0.262 e. The van der Waals surface area contributed by atoms with E-state index in [4.69, 9.17) is 0 Å². The zero-order valence-corrected chi connectivity index (χ0v) is 14.9. The van der Waals surface area contributed by atoms with Crippen LogP contribution < -0.4 is 0 Å². The molecule has 0 aromatic carbocycles. The molecule has 3 rings (SSSR count). The van der Waals surface area contributed by atoms with Crippen molar-refractivity contribution in [1.29, 1.82) is 0 Å². The minimum atomic E-state index is -3.48. The predicted octanol–water partition coefficient (Wildman–Crippen LogP) is 1.02. The Labute approximate surface area is 133 Å². The van der Waals surface area contributed by atoms with Gasteiger partial charge in [0.2, 0.25) is 0 Å². The van der Waals surface area contributed by atoms with Crippen molar-refractivity contribution in [2.45, 2.75) is 25.3 Å². The van der Waals surface area contributed by atoms with E-state index in [1.165, 1.54) is 6.33 Å². The number of sulfonamides is 1. The Morgan fingerprint density at radius 2 is 2.09 bits per heavy atom. The molecule has 7 heteroatoms. The van der Waals surface area contributed by atoms with Crippen LogP contribution in [0.25, 0.3) is 0 Å². The number of hydrogen-bond donors (Lipinski definition) is 0. The Kier molecular flexibility index (Phi) is 3.47. The van der Waals surface area contributed by atoms with Crippen LogP contribution in [0.15, 0.2) is 17.6 Å². The van der Waals surface area contributed by atoms with Crippen molar-refractivity contribution in [2.24, 2.45) is 23.8 Å². The third-order valence-corrected chi connectivity index (χ3v) is 6.98. The van der Waals surface area contributed by atoms with E-state index in [-0.39, 0.29) is 15.9 Å². The number of hydrogen-bond acceptors (Lipinski definition) is 4. The van der Waals surface area contributed by atoms with Crippen molar-refractivity contribution >= 4 is 10.0 Å².